The first-order valence-electron chi connectivity index (χ1n) is 3.71. The quantitative estimate of drug-likeness (QED) is 0.592. The minimum absolute atomic E-state index is 0.633. The molecule has 2 aromatic rings. The Bertz CT molecular complexity index is 431. The molecule has 2 heterocycles. The van der Waals surface area contributed by atoms with Crippen LogP contribution in [-0.2, 0) is 0 Å². The summed E-state index contributed by atoms with van der Waals surface area (Å²) in [5.41, 5.74) is 2.56. The van der Waals surface area contributed by atoms with Crippen LogP contribution in [0.5, 0.6) is 0 Å². The van der Waals surface area contributed by atoms with Crippen molar-refractivity contribution in [2.24, 2.45) is 0 Å². The van der Waals surface area contributed by atoms with Gasteiger partial charge in [0.15, 0.2) is 6.29 Å². The van der Waals surface area contributed by atoms with Crippen molar-refractivity contribution in [2.45, 2.75) is 6.92 Å². The topological polar surface area (TPSA) is 34.4 Å². The number of aryl methyl sites for hydroxylation is 1. The maximum Gasteiger partial charge on any atom is 0.166 e. The van der Waals surface area contributed by atoms with Crippen molar-refractivity contribution >= 4 is 11.8 Å². The molecule has 0 amide bonds. The lowest BCUT2D eigenvalue weighted by Gasteiger charge is -1.96. The molecule has 0 atom stereocenters. The highest BCUT2D eigenvalue weighted by atomic mass is 16.1. The number of nitrogens with zero attached hydrogens (tertiary/aromatic N) is 2. The molecule has 12 heavy (non-hydrogen) atoms. The molecule has 0 bridgehead atoms. The van der Waals surface area contributed by atoms with Crippen molar-refractivity contribution in [1.82, 2.24) is 9.38 Å². The van der Waals surface area contributed by atoms with E-state index in [9.17, 15) is 4.79 Å². The number of carbonyl (C=O) groups is 1. The van der Waals surface area contributed by atoms with Gasteiger partial charge in [-0.15, -0.1) is 0 Å². The number of aldehydes is 1. The molecule has 0 aromatic carbocycles. The maximum absolute atomic E-state index is 10.6. The summed E-state index contributed by atoms with van der Waals surface area (Å²) < 4.78 is 1.78. The number of fused-ring (bicyclic) bond motifs is 1. The molecule has 0 spiro atoms. The van der Waals surface area contributed by atoms with Crippen molar-refractivity contribution < 1.29 is 4.79 Å². The lowest BCUT2D eigenvalue weighted by Crippen LogP contribution is -1.92. The first kappa shape index (κ1) is 7.03. The molecule has 0 N–H and O–H groups in total. The van der Waals surface area contributed by atoms with Gasteiger partial charge in [-0.3, -0.25) is 9.20 Å². The second kappa shape index (κ2) is 2.44. The number of aromatic nitrogens is 2. The van der Waals surface area contributed by atoms with Crippen LogP contribution in [0.1, 0.15) is 16.2 Å². The van der Waals surface area contributed by atoms with E-state index in [1.54, 1.807) is 16.8 Å². The average molecular weight is 160 g/mol. The van der Waals surface area contributed by atoms with Gasteiger partial charge in [-0.2, -0.15) is 0 Å². The van der Waals surface area contributed by atoms with Gasteiger partial charge in [-0.05, 0) is 19.1 Å². The monoisotopic (exact) mass is 160 g/mol. The van der Waals surface area contributed by atoms with Crippen molar-refractivity contribution in [3.63, 3.8) is 0 Å². The number of rotatable bonds is 1. The van der Waals surface area contributed by atoms with E-state index in [-0.39, 0.29) is 0 Å². The second-order valence-corrected chi connectivity index (χ2v) is 2.65. The van der Waals surface area contributed by atoms with E-state index in [1.807, 2.05) is 19.1 Å². The van der Waals surface area contributed by atoms with E-state index in [0.717, 1.165) is 17.5 Å². The third kappa shape index (κ3) is 0.830. The molecule has 60 valence electrons. The second-order valence-electron chi connectivity index (χ2n) is 2.65. The fraction of sp³-hybridized carbons (Fsp3) is 0.111. The Kier molecular flexibility index (Phi) is 1.43. The molecule has 0 fully saturated rings. The number of hydrogen-bond donors (Lipinski definition) is 0. The largest absolute Gasteiger partial charge is 0.296 e. The van der Waals surface area contributed by atoms with Gasteiger partial charge in [-0.25, -0.2) is 4.98 Å². The number of carbonyl (C=O) groups excluding carboxylic acids is 1. The summed E-state index contributed by atoms with van der Waals surface area (Å²) in [5.74, 6) is 0. The number of pyridine rings is 1. The molecule has 0 saturated carbocycles. The predicted molar refractivity (Wildman–Crippen MR) is 45.3 cm³/mol. The molecule has 3 heteroatoms. The summed E-state index contributed by atoms with van der Waals surface area (Å²) in [6.07, 6.45) is 2.49. The van der Waals surface area contributed by atoms with Gasteiger partial charge in [0.25, 0.3) is 0 Å². The highest BCUT2D eigenvalue weighted by Crippen LogP contribution is 2.09. The van der Waals surface area contributed by atoms with Crippen LogP contribution in [0, 0.1) is 6.92 Å². The number of hydrogen-bond acceptors (Lipinski definition) is 2. The molecular weight excluding hydrogens is 152 g/mol. The summed E-state index contributed by atoms with van der Waals surface area (Å²) in [6.45, 7) is 1.92. The minimum atomic E-state index is 0.633. The predicted octanol–water partition coefficient (Wildman–Crippen LogP) is 1.46. The maximum atomic E-state index is 10.6. The Morgan fingerprint density at radius 2 is 2.33 bits per heavy atom. The standard InChI is InChI=1S/C9H8N2O/c1-7-9-4-2-3-8(5-12)11(9)6-10-7/h2-6H,1H3. The fourth-order valence-electron chi connectivity index (χ4n) is 1.27. The van der Waals surface area contributed by atoms with Gasteiger partial charge >= 0.3 is 0 Å². The van der Waals surface area contributed by atoms with Crippen LogP contribution in [0.4, 0.5) is 0 Å². The van der Waals surface area contributed by atoms with E-state index in [0.29, 0.717) is 5.69 Å². The fourth-order valence-corrected chi connectivity index (χ4v) is 1.27. The molecule has 2 rings (SSSR count). The first-order chi connectivity index (χ1) is 5.83. The molecule has 0 radical (unpaired) electrons. The van der Waals surface area contributed by atoms with Crippen LogP contribution in [0.3, 0.4) is 0 Å². The third-order valence-electron chi connectivity index (χ3n) is 1.92. The van der Waals surface area contributed by atoms with Crippen molar-refractivity contribution in [3.8, 4) is 0 Å². The first-order valence-corrected chi connectivity index (χ1v) is 3.71. The molecule has 0 aliphatic rings. The van der Waals surface area contributed by atoms with Crippen LogP contribution < -0.4 is 0 Å². The molecule has 0 aliphatic heterocycles. The smallest absolute Gasteiger partial charge is 0.166 e. The van der Waals surface area contributed by atoms with Crippen LogP contribution in [0.15, 0.2) is 24.5 Å². The van der Waals surface area contributed by atoms with Crippen LogP contribution >= 0.6 is 0 Å². The van der Waals surface area contributed by atoms with Crippen molar-refractivity contribution in [2.75, 3.05) is 0 Å². The molecule has 0 aliphatic carbocycles. The van der Waals surface area contributed by atoms with E-state index >= 15 is 0 Å². The Hall–Kier alpha value is -1.64. The summed E-state index contributed by atoms with van der Waals surface area (Å²) >= 11 is 0. The van der Waals surface area contributed by atoms with Crippen molar-refractivity contribution in [3.05, 3.63) is 35.9 Å². The SMILES string of the molecule is Cc1ncn2c(C=O)cccc12. The van der Waals surface area contributed by atoms with Crippen LogP contribution in [0.2, 0.25) is 0 Å². The lowest BCUT2D eigenvalue weighted by atomic mass is 10.3. The molecule has 3 nitrogen and oxygen atoms in total. The van der Waals surface area contributed by atoms with E-state index in [2.05, 4.69) is 4.98 Å². The zero-order valence-electron chi connectivity index (χ0n) is 6.69. The summed E-state index contributed by atoms with van der Waals surface area (Å²) in [4.78, 5) is 14.7. The molecule has 0 saturated heterocycles. The Labute approximate surface area is 69.7 Å². The molecule has 0 unspecified atom stereocenters. The zero-order valence-corrected chi connectivity index (χ0v) is 6.69. The van der Waals surface area contributed by atoms with Gasteiger partial charge in [-0.1, -0.05) is 6.07 Å². The third-order valence-corrected chi connectivity index (χ3v) is 1.92. The molecule has 2 aromatic heterocycles. The Morgan fingerprint density at radius 1 is 1.50 bits per heavy atom. The van der Waals surface area contributed by atoms with Crippen molar-refractivity contribution in [1.29, 1.82) is 0 Å². The summed E-state index contributed by atoms with van der Waals surface area (Å²) in [6, 6.07) is 5.56. The van der Waals surface area contributed by atoms with Crippen LogP contribution in [0.25, 0.3) is 5.52 Å². The lowest BCUT2D eigenvalue weighted by molar-refractivity contribution is 0.111. The van der Waals surface area contributed by atoms with Gasteiger partial charge in [0, 0.05) is 0 Å². The van der Waals surface area contributed by atoms with Gasteiger partial charge < -0.3 is 0 Å². The summed E-state index contributed by atoms with van der Waals surface area (Å²) in [5, 5.41) is 0. The summed E-state index contributed by atoms with van der Waals surface area (Å²) in [7, 11) is 0. The van der Waals surface area contributed by atoms with E-state index in [4.69, 9.17) is 0 Å². The highest BCUT2D eigenvalue weighted by Gasteiger charge is 2.01. The van der Waals surface area contributed by atoms with Gasteiger partial charge in [0.1, 0.15) is 6.33 Å². The molecular formula is C9H8N2O. The van der Waals surface area contributed by atoms with Crippen LogP contribution in [-0.4, -0.2) is 15.7 Å². The zero-order chi connectivity index (χ0) is 8.55. The highest BCUT2D eigenvalue weighted by molar-refractivity contribution is 5.74. The Balaban J connectivity index is 2.89. The average Bonchev–Trinajstić information content (AvgIpc) is 2.48. The normalized spacial score (nSPS) is 10.4. The minimum Gasteiger partial charge on any atom is -0.296 e. The van der Waals surface area contributed by atoms with E-state index in [1.165, 1.54) is 0 Å². The Morgan fingerprint density at radius 3 is 3.08 bits per heavy atom. The van der Waals surface area contributed by atoms with E-state index < -0.39 is 0 Å². The van der Waals surface area contributed by atoms with Gasteiger partial charge in [0.05, 0.1) is 16.9 Å². The number of imidazole rings is 1. The van der Waals surface area contributed by atoms with Gasteiger partial charge in [0.2, 0.25) is 0 Å².